The Morgan fingerprint density at radius 1 is 1.35 bits per heavy atom. The standard InChI is InChI=1S/C14H16F3N5O/c1-21-11-4-2-8(6-10(11)19-20-21)13(23)22-7-9(18)3-5-12(22)14(15,16)17/h2,4,6,9,12H,3,5,7,18H2,1H3/t9-,12+/m1/s1. The highest BCUT2D eigenvalue weighted by Gasteiger charge is 2.47. The molecule has 9 heteroatoms. The number of hydrogen-bond acceptors (Lipinski definition) is 4. The Kier molecular flexibility index (Phi) is 3.75. The molecule has 1 aliphatic heterocycles. The Hall–Kier alpha value is -2.16. The number of alkyl halides is 3. The third-order valence-electron chi connectivity index (χ3n) is 4.11. The first-order valence-electron chi connectivity index (χ1n) is 7.20. The van der Waals surface area contributed by atoms with Gasteiger partial charge in [0.2, 0.25) is 0 Å². The van der Waals surface area contributed by atoms with Crippen LogP contribution in [0.5, 0.6) is 0 Å². The lowest BCUT2D eigenvalue weighted by Gasteiger charge is -2.39. The molecular weight excluding hydrogens is 311 g/mol. The molecule has 3 rings (SSSR count). The van der Waals surface area contributed by atoms with Gasteiger partial charge >= 0.3 is 6.18 Å². The van der Waals surface area contributed by atoms with Crippen LogP contribution in [0, 0.1) is 0 Å². The monoisotopic (exact) mass is 327 g/mol. The number of likely N-dealkylation sites (tertiary alicyclic amines) is 1. The summed E-state index contributed by atoms with van der Waals surface area (Å²) in [5.41, 5.74) is 7.07. The van der Waals surface area contributed by atoms with Gasteiger partial charge in [0.1, 0.15) is 11.6 Å². The SMILES string of the molecule is Cn1nnc2cc(C(=O)N3C[C@H](N)CC[C@H]3C(F)(F)F)ccc21. The molecule has 0 saturated carbocycles. The number of aromatic nitrogens is 3. The lowest BCUT2D eigenvalue weighted by Crippen LogP contribution is -2.56. The second-order valence-corrected chi connectivity index (χ2v) is 5.77. The largest absolute Gasteiger partial charge is 0.408 e. The lowest BCUT2D eigenvalue weighted by atomic mass is 9.97. The number of nitrogens with zero attached hydrogens (tertiary/aromatic N) is 4. The maximum Gasteiger partial charge on any atom is 0.408 e. The molecule has 2 aromatic rings. The molecule has 0 radical (unpaired) electrons. The van der Waals surface area contributed by atoms with Gasteiger partial charge < -0.3 is 10.6 Å². The molecule has 0 aliphatic carbocycles. The molecular formula is C14H16F3N5O. The zero-order valence-corrected chi connectivity index (χ0v) is 12.4. The fraction of sp³-hybridized carbons (Fsp3) is 0.500. The average Bonchev–Trinajstić information content (AvgIpc) is 2.86. The minimum Gasteiger partial charge on any atom is -0.326 e. The number of carbonyl (C=O) groups is 1. The molecule has 6 nitrogen and oxygen atoms in total. The van der Waals surface area contributed by atoms with E-state index < -0.39 is 24.2 Å². The van der Waals surface area contributed by atoms with Crippen LogP contribution in [0.1, 0.15) is 23.2 Å². The van der Waals surface area contributed by atoms with Crippen molar-refractivity contribution in [2.24, 2.45) is 12.8 Å². The second kappa shape index (κ2) is 5.48. The zero-order chi connectivity index (χ0) is 16.8. The number of halogens is 3. The van der Waals surface area contributed by atoms with Crippen LogP contribution in [-0.4, -0.2) is 50.6 Å². The fourth-order valence-corrected chi connectivity index (χ4v) is 2.90. The number of rotatable bonds is 1. The fourth-order valence-electron chi connectivity index (χ4n) is 2.90. The van der Waals surface area contributed by atoms with Crippen molar-refractivity contribution in [3.8, 4) is 0 Å². The maximum absolute atomic E-state index is 13.2. The first kappa shape index (κ1) is 15.7. The number of aryl methyl sites for hydroxylation is 1. The second-order valence-electron chi connectivity index (χ2n) is 5.77. The molecule has 0 spiro atoms. The van der Waals surface area contributed by atoms with Gasteiger partial charge in [0.25, 0.3) is 5.91 Å². The molecule has 1 saturated heterocycles. The Morgan fingerprint density at radius 3 is 2.78 bits per heavy atom. The van der Waals surface area contributed by atoms with Crippen LogP contribution in [0.25, 0.3) is 11.0 Å². The van der Waals surface area contributed by atoms with Crippen molar-refractivity contribution in [1.82, 2.24) is 19.9 Å². The minimum absolute atomic E-state index is 0.110. The molecule has 2 N–H and O–H groups in total. The molecule has 1 fully saturated rings. The molecule has 124 valence electrons. The van der Waals surface area contributed by atoms with E-state index in [1.54, 1.807) is 13.1 Å². The van der Waals surface area contributed by atoms with Crippen molar-refractivity contribution in [1.29, 1.82) is 0 Å². The van der Waals surface area contributed by atoms with Crippen molar-refractivity contribution >= 4 is 16.9 Å². The predicted molar refractivity (Wildman–Crippen MR) is 76.6 cm³/mol. The highest BCUT2D eigenvalue weighted by atomic mass is 19.4. The van der Waals surface area contributed by atoms with Crippen molar-refractivity contribution in [3.05, 3.63) is 23.8 Å². The number of nitrogens with two attached hydrogens (primary N) is 1. The molecule has 23 heavy (non-hydrogen) atoms. The highest BCUT2D eigenvalue weighted by molar-refractivity contribution is 5.97. The van der Waals surface area contributed by atoms with E-state index in [4.69, 9.17) is 5.73 Å². The van der Waals surface area contributed by atoms with Gasteiger partial charge in [-0.05, 0) is 31.0 Å². The van der Waals surface area contributed by atoms with Gasteiger partial charge in [-0.25, -0.2) is 4.68 Å². The van der Waals surface area contributed by atoms with Gasteiger partial charge in [-0.2, -0.15) is 13.2 Å². The third-order valence-corrected chi connectivity index (χ3v) is 4.11. The van der Waals surface area contributed by atoms with E-state index in [1.165, 1.54) is 16.8 Å². The van der Waals surface area contributed by atoms with Crippen LogP contribution in [0.2, 0.25) is 0 Å². The van der Waals surface area contributed by atoms with E-state index in [0.29, 0.717) is 11.0 Å². The normalized spacial score (nSPS) is 22.6. The van der Waals surface area contributed by atoms with Crippen molar-refractivity contribution < 1.29 is 18.0 Å². The van der Waals surface area contributed by atoms with Crippen molar-refractivity contribution in [2.45, 2.75) is 31.1 Å². The molecule has 1 aliphatic rings. The number of hydrogen-bond donors (Lipinski definition) is 1. The lowest BCUT2D eigenvalue weighted by molar-refractivity contribution is -0.184. The summed E-state index contributed by atoms with van der Waals surface area (Å²) >= 11 is 0. The van der Waals surface area contributed by atoms with Crippen LogP contribution in [-0.2, 0) is 7.05 Å². The molecule has 2 atom stereocenters. The summed E-state index contributed by atoms with van der Waals surface area (Å²) in [4.78, 5) is 13.4. The number of benzene rings is 1. The van der Waals surface area contributed by atoms with E-state index in [9.17, 15) is 18.0 Å². The summed E-state index contributed by atoms with van der Waals surface area (Å²) in [6, 6.07) is 2.32. The Morgan fingerprint density at radius 2 is 2.09 bits per heavy atom. The number of fused-ring (bicyclic) bond motifs is 1. The van der Waals surface area contributed by atoms with E-state index in [1.807, 2.05) is 0 Å². The first-order chi connectivity index (χ1) is 10.8. The van der Waals surface area contributed by atoms with Crippen molar-refractivity contribution in [2.75, 3.05) is 6.54 Å². The number of amides is 1. The van der Waals surface area contributed by atoms with Crippen molar-refractivity contribution in [3.63, 3.8) is 0 Å². The summed E-state index contributed by atoms with van der Waals surface area (Å²) in [6.45, 7) is -0.110. The van der Waals surface area contributed by atoms with Crippen LogP contribution >= 0.6 is 0 Å². The quantitative estimate of drug-likeness (QED) is 0.860. The van der Waals surface area contributed by atoms with Gasteiger partial charge in [-0.3, -0.25) is 4.79 Å². The van der Waals surface area contributed by atoms with E-state index in [-0.39, 0.29) is 24.9 Å². The summed E-state index contributed by atoms with van der Waals surface area (Å²) in [7, 11) is 1.69. The maximum atomic E-state index is 13.2. The summed E-state index contributed by atoms with van der Waals surface area (Å²) in [6.07, 6.45) is -4.40. The van der Waals surface area contributed by atoms with E-state index in [2.05, 4.69) is 10.3 Å². The van der Waals surface area contributed by atoms with E-state index >= 15 is 0 Å². The van der Waals surface area contributed by atoms with Gasteiger partial charge in [-0.1, -0.05) is 5.21 Å². The first-order valence-corrected chi connectivity index (χ1v) is 7.20. The number of piperidine rings is 1. The predicted octanol–water partition coefficient (Wildman–Crippen LogP) is 1.46. The average molecular weight is 327 g/mol. The van der Waals surface area contributed by atoms with Crippen LogP contribution in [0.15, 0.2) is 18.2 Å². The molecule has 1 amide bonds. The molecule has 0 bridgehead atoms. The molecule has 1 aromatic carbocycles. The Balaban J connectivity index is 1.94. The zero-order valence-electron chi connectivity index (χ0n) is 12.4. The summed E-state index contributed by atoms with van der Waals surface area (Å²) in [5.74, 6) is -0.685. The topological polar surface area (TPSA) is 77.0 Å². The smallest absolute Gasteiger partial charge is 0.326 e. The molecule has 2 heterocycles. The Bertz CT molecular complexity index is 742. The highest BCUT2D eigenvalue weighted by Crippen LogP contribution is 2.32. The van der Waals surface area contributed by atoms with Gasteiger partial charge in [0, 0.05) is 25.2 Å². The summed E-state index contributed by atoms with van der Waals surface area (Å²) < 4.78 is 41.1. The van der Waals surface area contributed by atoms with E-state index in [0.717, 1.165) is 4.90 Å². The van der Waals surface area contributed by atoms with Gasteiger partial charge in [0.15, 0.2) is 0 Å². The van der Waals surface area contributed by atoms with Gasteiger partial charge in [0.05, 0.1) is 5.52 Å². The summed E-state index contributed by atoms with van der Waals surface area (Å²) in [5, 5.41) is 7.70. The third kappa shape index (κ3) is 2.88. The molecule has 1 aromatic heterocycles. The van der Waals surface area contributed by atoms with Crippen LogP contribution in [0.3, 0.4) is 0 Å². The van der Waals surface area contributed by atoms with Gasteiger partial charge in [-0.15, -0.1) is 5.10 Å². The molecule has 0 unspecified atom stereocenters. The Labute approximate surface area is 130 Å². The van der Waals surface area contributed by atoms with Crippen LogP contribution in [0.4, 0.5) is 13.2 Å². The minimum atomic E-state index is -4.47. The van der Waals surface area contributed by atoms with Crippen LogP contribution < -0.4 is 5.73 Å². The number of carbonyl (C=O) groups excluding carboxylic acids is 1.